The van der Waals surface area contributed by atoms with Crippen LogP contribution in [0.15, 0.2) is 54.6 Å². The van der Waals surface area contributed by atoms with Gasteiger partial charge in [-0.15, -0.1) is 0 Å². The molecule has 1 atom stereocenters. The van der Waals surface area contributed by atoms with E-state index in [1.54, 1.807) is 0 Å². The highest BCUT2D eigenvalue weighted by Gasteiger charge is 2.05. The number of carbonyl (C=O) groups is 1. The molecule has 0 aliphatic heterocycles. The summed E-state index contributed by atoms with van der Waals surface area (Å²) in [6, 6.07) is 18.2. The minimum Gasteiger partial charge on any atom is -0.494 e. The van der Waals surface area contributed by atoms with Gasteiger partial charge in [-0.25, -0.2) is 4.79 Å². The van der Waals surface area contributed by atoms with Gasteiger partial charge >= 0.3 is 6.09 Å². The Bertz CT molecular complexity index is 581. The molecule has 116 valence electrons. The van der Waals surface area contributed by atoms with Gasteiger partial charge in [0, 0.05) is 12.5 Å². The van der Waals surface area contributed by atoms with Crippen LogP contribution in [-0.4, -0.2) is 23.8 Å². The highest BCUT2D eigenvalue weighted by atomic mass is 16.5. The topological polar surface area (TPSA) is 58.6 Å². The molecule has 0 saturated heterocycles. The number of nitrogens with one attached hydrogen (secondary N) is 1. The van der Waals surface area contributed by atoms with Gasteiger partial charge in [-0.3, -0.25) is 0 Å². The zero-order valence-electron chi connectivity index (χ0n) is 12.7. The lowest BCUT2D eigenvalue weighted by atomic mass is 10.1. The van der Waals surface area contributed by atoms with Crippen molar-refractivity contribution < 1.29 is 14.6 Å². The molecule has 0 aromatic heterocycles. The molecular weight excluding hydrogens is 278 g/mol. The molecule has 4 heteroatoms. The molecular formula is C18H21NO3. The summed E-state index contributed by atoms with van der Waals surface area (Å²) in [7, 11) is 0. The first kappa shape index (κ1) is 15.9. The molecule has 0 bridgehead atoms. The normalized spacial score (nSPS) is 11.7. The quantitative estimate of drug-likeness (QED) is 0.819. The zero-order chi connectivity index (χ0) is 15.8. The van der Waals surface area contributed by atoms with E-state index in [1.165, 1.54) is 11.1 Å². The molecule has 0 aliphatic rings. The molecule has 0 aliphatic carbocycles. The minimum absolute atomic E-state index is 0.116. The fraction of sp³-hybridized carbons (Fsp3) is 0.278. The van der Waals surface area contributed by atoms with Gasteiger partial charge in [-0.1, -0.05) is 42.5 Å². The van der Waals surface area contributed by atoms with Gasteiger partial charge in [0.2, 0.25) is 0 Å². The van der Waals surface area contributed by atoms with Crippen LogP contribution in [-0.2, 0) is 6.42 Å². The van der Waals surface area contributed by atoms with E-state index in [-0.39, 0.29) is 6.04 Å². The van der Waals surface area contributed by atoms with Crippen molar-refractivity contribution in [1.29, 1.82) is 0 Å². The van der Waals surface area contributed by atoms with Crippen molar-refractivity contribution in [3.63, 3.8) is 0 Å². The van der Waals surface area contributed by atoms with Crippen LogP contribution in [0.25, 0.3) is 0 Å². The molecule has 1 unspecified atom stereocenters. The summed E-state index contributed by atoms with van der Waals surface area (Å²) in [5.74, 6) is 0.805. The number of amides is 1. The predicted octanol–water partition coefficient (Wildman–Crippen LogP) is 3.70. The van der Waals surface area contributed by atoms with Crippen LogP contribution >= 0.6 is 0 Å². The molecule has 4 nitrogen and oxygen atoms in total. The zero-order valence-corrected chi connectivity index (χ0v) is 12.7. The average molecular weight is 299 g/mol. The molecule has 22 heavy (non-hydrogen) atoms. The smallest absolute Gasteiger partial charge is 0.404 e. The highest BCUT2D eigenvalue weighted by molar-refractivity contribution is 5.64. The van der Waals surface area contributed by atoms with Crippen LogP contribution < -0.4 is 10.1 Å². The first-order chi connectivity index (χ1) is 10.6. The lowest BCUT2D eigenvalue weighted by Crippen LogP contribution is -2.32. The third-order valence-electron chi connectivity index (χ3n) is 3.36. The van der Waals surface area contributed by atoms with Crippen molar-refractivity contribution in [3.8, 4) is 5.75 Å². The Hall–Kier alpha value is -2.49. The number of ether oxygens (including phenoxy) is 1. The fourth-order valence-electron chi connectivity index (χ4n) is 2.17. The van der Waals surface area contributed by atoms with E-state index in [9.17, 15) is 4.79 Å². The van der Waals surface area contributed by atoms with Crippen LogP contribution in [0.4, 0.5) is 4.79 Å². The maximum atomic E-state index is 10.5. The standard InChI is InChI=1S/C18H21NO3/c1-14(19-18(20)21)11-12-22-17-9-7-16(8-10-17)13-15-5-3-2-4-6-15/h2-10,14,19H,11-13H2,1H3,(H,20,21). The molecule has 0 fully saturated rings. The summed E-state index contributed by atoms with van der Waals surface area (Å²) in [5.41, 5.74) is 2.52. The third kappa shape index (κ3) is 5.48. The summed E-state index contributed by atoms with van der Waals surface area (Å²) in [5, 5.41) is 11.0. The maximum Gasteiger partial charge on any atom is 0.404 e. The Morgan fingerprint density at radius 3 is 2.36 bits per heavy atom. The van der Waals surface area contributed by atoms with E-state index in [0.717, 1.165) is 12.2 Å². The van der Waals surface area contributed by atoms with Crippen molar-refractivity contribution >= 4 is 6.09 Å². The Morgan fingerprint density at radius 1 is 1.09 bits per heavy atom. The largest absolute Gasteiger partial charge is 0.494 e. The van der Waals surface area contributed by atoms with Gasteiger partial charge in [0.25, 0.3) is 0 Å². The van der Waals surface area contributed by atoms with Crippen molar-refractivity contribution in [3.05, 3.63) is 65.7 Å². The van der Waals surface area contributed by atoms with E-state index in [4.69, 9.17) is 9.84 Å². The molecule has 2 N–H and O–H groups in total. The Balaban J connectivity index is 1.78. The van der Waals surface area contributed by atoms with Crippen molar-refractivity contribution in [1.82, 2.24) is 5.32 Å². The molecule has 2 aromatic carbocycles. The van der Waals surface area contributed by atoms with Crippen molar-refractivity contribution in [2.75, 3.05) is 6.61 Å². The molecule has 0 saturated carbocycles. The van der Waals surface area contributed by atoms with E-state index in [0.29, 0.717) is 13.0 Å². The van der Waals surface area contributed by atoms with Gasteiger partial charge in [0.05, 0.1) is 6.61 Å². The first-order valence-electron chi connectivity index (χ1n) is 7.38. The number of rotatable bonds is 7. The summed E-state index contributed by atoms with van der Waals surface area (Å²) in [4.78, 5) is 10.5. The summed E-state index contributed by atoms with van der Waals surface area (Å²) in [6.07, 6.45) is 0.538. The number of hydrogen-bond acceptors (Lipinski definition) is 2. The first-order valence-corrected chi connectivity index (χ1v) is 7.38. The van der Waals surface area contributed by atoms with E-state index < -0.39 is 6.09 Å². The number of benzene rings is 2. The van der Waals surface area contributed by atoms with Gasteiger partial charge < -0.3 is 15.2 Å². The lowest BCUT2D eigenvalue weighted by molar-refractivity contribution is 0.188. The molecule has 0 spiro atoms. The van der Waals surface area contributed by atoms with Gasteiger partial charge in [-0.2, -0.15) is 0 Å². The maximum absolute atomic E-state index is 10.5. The number of carboxylic acid groups (broad SMARTS) is 1. The summed E-state index contributed by atoms with van der Waals surface area (Å²) < 4.78 is 5.63. The van der Waals surface area contributed by atoms with Crippen molar-refractivity contribution in [2.24, 2.45) is 0 Å². The SMILES string of the molecule is CC(CCOc1ccc(Cc2ccccc2)cc1)NC(=O)O. The molecule has 2 rings (SSSR count). The van der Waals surface area contributed by atoms with Crippen LogP contribution in [0.5, 0.6) is 5.75 Å². The van der Waals surface area contributed by atoms with E-state index >= 15 is 0 Å². The van der Waals surface area contributed by atoms with Crippen LogP contribution in [0.3, 0.4) is 0 Å². The van der Waals surface area contributed by atoms with Gasteiger partial charge in [-0.05, 0) is 36.6 Å². The fourth-order valence-corrected chi connectivity index (χ4v) is 2.17. The molecule has 1 amide bonds. The van der Waals surface area contributed by atoms with Crippen LogP contribution in [0.1, 0.15) is 24.5 Å². The van der Waals surface area contributed by atoms with Gasteiger partial charge in [0.1, 0.15) is 5.75 Å². The lowest BCUT2D eigenvalue weighted by Gasteiger charge is -2.12. The molecule has 2 aromatic rings. The number of hydrogen-bond donors (Lipinski definition) is 2. The minimum atomic E-state index is -1.00. The Kier molecular flexibility index (Phi) is 5.83. The summed E-state index contributed by atoms with van der Waals surface area (Å²) >= 11 is 0. The Labute approximate surface area is 130 Å². The molecule has 0 radical (unpaired) electrons. The predicted molar refractivity (Wildman–Crippen MR) is 86.4 cm³/mol. The van der Waals surface area contributed by atoms with Crippen LogP contribution in [0, 0.1) is 0 Å². The monoisotopic (exact) mass is 299 g/mol. The Morgan fingerprint density at radius 2 is 1.73 bits per heavy atom. The van der Waals surface area contributed by atoms with Crippen LogP contribution in [0.2, 0.25) is 0 Å². The molecule has 0 heterocycles. The highest BCUT2D eigenvalue weighted by Crippen LogP contribution is 2.15. The van der Waals surface area contributed by atoms with Crippen molar-refractivity contribution in [2.45, 2.75) is 25.8 Å². The second kappa shape index (κ2) is 8.08. The average Bonchev–Trinajstić information content (AvgIpc) is 2.49. The second-order valence-corrected chi connectivity index (χ2v) is 5.29. The summed E-state index contributed by atoms with van der Waals surface area (Å²) in [6.45, 7) is 2.31. The third-order valence-corrected chi connectivity index (χ3v) is 3.36. The van der Waals surface area contributed by atoms with Gasteiger partial charge in [0.15, 0.2) is 0 Å². The van der Waals surface area contributed by atoms with E-state index in [1.807, 2.05) is 37.3 Å². The van der Waals surface area contributed by atoms with E-state index in [2.05, 4.69) is 29.6 Å². The second-order valence-electron chi connectivity index (χ2n) is 5.29.